The molecule has 0 bridgehead atoms. The Hall–Kier alpha value is 0.830. The molecule has 0 fully saturated rings. The molecule has 0 heterocycles. The molecule has 0 unspecified atom stereocenters. The van der Waals surface area contributed by atoms with Gasteiger partial charge in [-0.1, -0.05) is 55.0 Å². The molecule has 0 N–H and O–H groups in total. The third-order valence-corrected chi connectivity index (χ3v) is 4.11. The van der Waals surface area contributed by atoms with Crippen molar-refractivity contribution in [2.24, 2.45) is 0 Å². The van der Waals surface area contributed by atoms with E-state index in [2.05, 4.69) is 34.6 Å². The van der Waals surface area contributed by atoms with Gasteiger partial charge < -0.3 is 0 Å². The monoisotopic (exact) mass is 280 g/mol. The van der Waals surface area contributed by atoms with E-state index in [9.17, 15) is 0 Å². The van der Waals surface area contributed by atoms with Crippen molar-refractivity contribution in [1.82, 2.24) is 0 Å². The van der Waals surface area contributed by atoms with Crippen molar-refractivity contribution in [1.29, 1.82) is 0 Å². The summed E-state index contributed by atoms with van der Waals surface area (Å²) < 4.78 is 0. The lowest BCUT2D eigenvalue weighted by atomic mass is 10.1. The Morgan fingerprint density at radius 3 is 1.93 bits per heavy atom. The highest BCUT2D eigenvalue weighted by atomic mass is 79.9. The summed E-state index contributed by atoms with van der Waals surface area (Å²) in [5.74, 6) is 2.74. The van der Waals surface area contributed by atoms with Gasteiger partial charge in [0.05, 0.1) is 0 Å². The van der Waals surface area contributed by atoms with Gasteiger partial charge in [0.25, 0.3) is 0 Å². The minimum atomic E-state index is 1.18. The summed E-state index contributed by atoms with van der Waals surface area (Å²) in [6, 6.07) is 0. The second-order valence-electron chi connectivity index (χ2n) is 3.78. The van der Waals surface area contributed by atoms with Crippen molar-refractivity contribution in [2.45, 2.75) is 58.3 Å². The fourth-order valence-electron chi connectivity index (χ4n) is 1.43. The quantitative estimate of drug-likeness (QED) is 0.368. The van der Waals surface area contributed by atoms with Crippen molar-refractivity contribution in [3.63, 3.8) is 0 Å². The Labute approximate surface area is 103 Å². The van der Waals surface area contributed by atoms with E-state index in [1.807, 2.05) is 0 Å². The molecular weight excluding hydrogens is 256 g/mol. The van der Waals surface area contributed by atoms with Gasteiger partial charge in [0.1, 0.15) is 0 Å². The Morgan fingerprint density at radius 2 is 1.36 bits per heavy atom. The molecular formula is C12H25BrS. The average molecular weight is 281 g/mol. The maximum absolute atomic E-state index is 3.46. The summed E-state index contributed by atoms with van der Waals surface area (Å²) >= 11 is 5.58. The van der Waals surface area contributed by atoms with E-state index in [1.165, 1.54) is 68.2 Å². The molecule has 0 aliphatic carbocycles. The topological polar surface area (TPSA) is 0 Å². The predicted molar refractivity (Wildman–Crippen MR) is 73.7 cm³/mol. The highest BCUT2D eigenvalue weighted by Gasteiger charge is 1.91. The SMILES string of the molecule is CCCSCCCCCCCCCBr. The first-order valence-corrected chi connectivity index (χ1v) is 8.33. The lowest BCUT2D eigenvalue weighted by Gasteiger charge is -2.01. The van der Waals surface area contributed by atoms with Crippen molar-refractivity contribution in [2.75, 3.05) is 16.8 Å². The zero-order valence-corrected chi connectivity index (χ0v) is 12.0. The molecule has 14 heavy (non-hydrogen) atoms. The Balaban J connectivity index is 2.78. The van der Waals surface area contributed by atoms with Crippen molar-refractivity contribution in [3.05, 3.63) is 0 Å². The van der Waals surface area contributed by atoms with Crippen LogP contribution in [0.4, 0.5) is 0 Å². The molecule has 0 aliphatic rings. The minimum Gasteiger partial charge on any atom is -0.162 e. The normalized spacial score (nSPS) is 10.7. The molecule has 0 aromatic rings. The van der Waals surface area contributed by atoms with Crippen LogP contribution in [0, 0.1) is 0 Å². The summed E-state index contributed by atoms with van der Waals surface area (Å²) in [6.45, 7) is 2.26. The smallest absolute Gasteiger partial charge is 0.00313 e. The van der Waals surface area contributed by atoms with Crippen LogP contribution >= 0.6 is 27.7 Å². The standard InChI is InChI=1S/C12H25BrS/c1-2-11-14-12-9-7-5-3-4-6-8-10-13/h2-12H2,1H3. The zero-order chi connectivity index (χ0) is 10.5. The van der Waals surface area contributed by atoms with E-state index >= 15 is 0 Å². The molecule has 0 amide bonds. The molecule has 0 aromatic carbocycles. The first-order chi connectivity index (χ1) is 6.91. The van der Waals surface area contributed by atoms with E-state index in [1.54, 1.807) is 0 Å². The first kappa shape index (κ1) is 14.8. The molecule has 0 saturated carbocycles. The van der Waals surface area contributed by atoms with E-state index in [0.29, 0.717) is 0 Å². The van der Waals surface area contributed by atoms with Crippen LogP contribution in [0.15, 0.2) is 0 Å². The first-order valence-electron chi connectivity index (χ1n) is 6.05. The van der Waals surface area contributed by atoms with E-state index in [-0.39, 0.29) is 0 Å². The van der Waals surface area contributed by atoms with Gasteiger partial charge in [0, 0.05) is 5.33 Å². The number of rotatable bonds is 11. The lowest BCUT2D eigenvalue weighted by Crippen LogP contribution is -1.84. The fourth-order valence-corrected chi connectivity index (χ4v) is 2.73. The van der Waals surface area contributed by atoms with Gasteiger partial charge in [-0.3, -0.25) is 0 Å². The Morgan fingerprint density at radius 1 is 0.786 bits per heavy atom. The van der Waals surface area contributed by atoms with E-state index in [0.717, 1.165) is 0 Å². The lowest BCUT2D eigenvalue weighted by molar-refractivity contribution is 0.606. The van der Waals surface area contributed by atoms with Crippen LogP contribution in [0.5, 0.6) is 0 Å². The van der Waals surface area contributed by atoms with Crippen LogP contribution < -0.4 is 0 Å². The van der Waals surface area contributed by atoms with Crippen LogP contribution in [0.1, 0.15) is 58.3 Å². The van der Waals surface area contributed by atoms with Crippen molar-refractivity contribution >= 4 is 27.7 Å². The molecule has 0 atom stereocenters. The average Bonchev–Trinajstić information content (AvgIpc) is 2.21. The molecule has 2 heteroatoms. The summed E-state index contributed by atoms with van der Waals surface area (Å²) in [7, 11) is 0. The third-order valence-electron chi connectivity index (χ3n) is 2.27. The molecule has 0 rings (SSSR count). The molecule has 0 aromatic heterocycles. The van der Waals surface area contributed by atoms with Gasteiger partial charge in [-0.05, 0) is 30.8 Å². The number of hydrogen-bond donors (Lipinski definition) is 0. The second kappa shape index (κ2) is 13.8. The number of unbranched alkanes of at least 4 members (excludes halogenated alkanes) is 6. The summed E-state index contributed by atoms with van der Waals surface area (Å²) in [4.78, 5) is 0. The van der Waals surface area contributed by atoms with Crippen LogP contribution in [-0.2, 0) is 0 Å². The third kappa shape index (κ3) is 12.8. The highest BCUT2D eigenvalue weighted by molar-refractivity contribution is 9.09. The maximum atomic E-state index is 3.46. The van der Waals surface area contributed by atoms with E-state index < -0.39 is 0 Å². The highest BCUT2D eigenvalue weighted by Crippen LogP contribution is 2.11. The Kier molecular flexibility index (Phi) is 14.6. The van der Waals surface area contributed by atoms with Gasteiger partial charge in [0.2, 0.25) is 0 Å². The summed E-state index contributed by atoms with van der Waals surface area (Å²) in [5.41, 5.74) is 0. The van der Waals surface area contributed by atoms with Gasteiger partial charge >= 0.3 is 0 Å². The van der Waals surface area contributed by atoms with Gasteiger partial charge in [-0.25, -0.2) is 0 Å². The van der Waals surface area contributed by atoms with Crippen LogP contribution in [0.3, 0.4) is 0 Å². The zero-order valence-electron chi connectivity index (χ0n) is 9.56. The van der Waals surface area contributed by atoms with Gasteiger partial charge in [0.15, 0.2) is 0 Å². The maximum Gasteiger partial charge on any atom is 0.00313 e. The molecule has 0 saturated heterocycles. The predicted octanol–water partition coefficient (Wildman–Crippen LogP) is 5.26. The fraction of sp³-hybridized carbons (Fsp3) is 1.00. The van der Waals surface area contributed by atoms with Gasteiger partial charge in [-0.15, -0.1) is 0 Å². The number of hydrogen-bond acceptors (Lipinski definition) is 1. The molecule has 0 spiro atoms. The Bertz CT molecular complexity index is 84.3. The minimum absolute atomic E-state index is 1.18. The number of thioether (sulfide) groups is 1. The molecule has 0 nitrogen and oxygen atoms in total. The van der Waals surface area contributed by atoms with Crippen molar-refractivity contribution < 1.29 is 0 Å². The molecule has 0 aliphatic heterocycles. The second-order valence-corrected chi connectivity index (χ2v) is 5.79. The summed E-state index contributed by atoms with van der Waals surface area (Å²) in [6.07, 6.45) is 11.3. The number of alkyl halides is 1. The van der Waals surface area contributed by atoms with Gasteiger partial charge in [-0.2, -0.15) is 11.8 Å². The van der Waals surface area contributed by atoms with Crippen molar-refractivity contribution in [3.8, 4) is 0 Å². The molecule has 86 valence electrons. The van der Waals surface area contributed by atoms with Crippen LogP contribution in [0.25, 0.3) is 0 Å². The van der Waals surface area contributed by atoms with Crippen LogP contribution in [0.2, 0.25) is 0 Å². The molecule has 0 radical (unpaired) electrons. The van der Waals surface area contributed by atoms with E-state index in [4.69, 9.17) is 0 Å². The number of halogens is 1. The largest absolute Gasteiger partial charge is 0.162 e. The van der Waals surface area contributed by atoms with Crippen LogP contribution in [-0.4, -0.2) is 16.8 Å². The summed E-state index contributed by atoms with van der Waals surface area (Å²) in [5, 5.41) is 1.18.